The van der Waals surface area contributed by atoms with Gasteiger partial charge in [-0.05, 0) is 24.9 Å². The Morgan fingerprint density at radius 1 is 1.30 bits per heavy atom. The van der Waals surface area contributed by atoms with E-state index in [0.717, 1.165) is 7.37 Å². The van der Waals surface area contributed by atoms with E-state index in [2.05, 4.69) is 24.9 Å². The van der Waals surface area contributed by atoms with Crippen LogP contribution in [-0.4, -0.2) is 0 Å². The van der Waals surface area contributed by atoms with Crippen LogP contribution >= 0.6 is 29.7 Å². The summed E-state index contributed by atoms with van der Waals surface area (Å²) in [5, 5.41) is 0. The first-order chi connectivity index (χ1) is 4.86. The van der Waals surface area contributed by atoms with Gasteiger partial charge in [-0.25, -0.2) is 0 Å². The van der Waals surface area contributed by atoms with Crippen LogP contribution in [0.2, 0.25) is 0 Å². The lowest BCUT2D eigenvalue weighted by atomic mass is 10.4. The van der Waals surface area contributed by atoms with Crippen LogP contribution in [0, 0.1) is 6.92 Å². The Morgan fingerprint density at radius 3 is 2.50 bits per heavy atom. The van der Waals surface area contributed by atoms with E-state index in [-0.39, 0.29) is 0 Å². The van der Waals surface area contributed by atoms with Crippen molar-refractivity contribution in [1.29, 1.82) is 0 Å². The lowest BCUT2D eigenvalue weighted by molar-refractivity contribution is 1.64. The van der Waals surface area contributed by atoms with Crippen LogP contribution in [0.4, 0.5) is 0 Å². The van der Waals surface area contributed by atoms with Gasteiger partial charge in [0, 0.05) is 9.75 Å². The summed E-state index contributed by atoms with van der Waals surface area (Å²) in [5.74, 6) is 2.32. The van der Waals surface area contributed by atoms with Crippen molar-refractivity contribution >= 4 is 29.7 Å². The summed E-state index contributed by atoms with van der Waals surface area (Å²) in [6.45, 7) is 2.15. The largest absolute Gasteiger partial charge is 0.140 e. The second-order valence-electron chi connectivity index (χ2n) is 2.14. The van der Waals surface area contributed by atoms with Gasteiger partial charge in [-0.15, -0.1) is 22.3 Å². The predicted octanol–water partition coefficient (Wildman–Crippen LogP) is 3.82. The first kappa shape index (κ1) is 6.66. The summed E-state index contributed by atoms with van der Waals surface area (Å²) in [4.78, 5) is 4.34. The molecule has 1 unspecified atom stereocenters. The first-order valence-electron chi connectivity index (χ1n) is 3.05. The van der Waals surface area contributed by atoms with Crippen LogP contribution < -0.4 is 0 Å². The number of aryl methyl sites for hydroxylation is 1. The Balaban J connectivity index is 2.41. The molecule has 0 aliphatic carbocycles. The predicted molar refractivity (Wildman–Crippen MR) is 51.9 cm³/mol. The molecular formula is C7H7PS2. The second-order valence-corrected chi connectivity index (χ2v) is 5.91. The number of thiophene rings is 1. The minimum atomic E-state index is 0.997. The van der Waals surface area contributed by atoms with E-state index < -0.39 is 0 Å². The fraction of sp³-hybridized carbons (Fsp3) is 0.143. The molecule has 0 bridgehead atoms. The Labute approximate surface area is 69.4 Å². The van der Waals surface area contributed by atoms with Crippen LogP contribution in [0.25, 0.3) is 9.75 Å². The summed E-state index contributed by atoms with van der Waals surface area (Å²) in [7, 11) is 2.97. The van der Waals surface area contributed by atoms with E-state index in [1.165, 1.54) is 14.6 Å². The van der Waals surface area contributed by atoms with Gasteiger partial charge in [-0.2, -0.15) is 0 Å². The monoisotopic (exact) mass is 186 g/mol. The van der Waals surface area contributed by atoms with Gasteiger partial charge in [-0.3, -0.25) is 0 Å². The summed E-state index contributed by atoms with van der Waals surface area (Å²) in [5.41, 5.74) is 0. The van der Waals surface area contributed by atoms with E-state index in [0.29, 0.717) is 0 Å². The summed E-state index contributed by atoms with van der Waals surface area (Å²) < 4.78 is 0. The molecule has 2 heterocycles. The third-order valence-corrected chi connectivity index (χ3v) is 5.16. The Bertz CT molecular complexity index is 306. The van der Waals surface area contributed by atoms with Crippen LogP contribution in [0.1, 0.15) is 4.88 Å². The van der Waals surface area contributed by atoms with Crippen molar-refractivity contribution in [2.24, 2.45) is 0 Å². The van der Waals surface area contributed by atoms with Crippen LogP contribution in [0.15, 0.2) is 17.9 Å². The lowest BCUT2D eigenvalue weighted by Gasteiger charge is -1.95. The molecule has 0 aliphatic rings. The fourth-order valence-electron chi connectivity index (χ4n) is 0.806. The topological polar surface area (TPSA) is 0 Å². The summed E-state index contributed by atoms with van der Waals surface area (Å²) in [6, 6.07) is 4.39. The van der Waals surface area contributed by atoms with Gasteiger partial charge in [-0.1, -0.05) is 7.37 Å². The molecule has 1 atom stereocenters. The molecule has 0 radical (unpaired) electrons. The molecule has 2 aromatic heterocycles. The lowest BCUT2D eigenvalue weighted by Crippen LogP contribution is -1.60. The van der Waals surface area contributed by atoms with Crippen molar-refractivity contribution in [3.63, 3.8) is 0 Å². The molecule has 10 heavy (non-hydrogen) atoms. The van der Waals surface area contributed by atoms with Gasteiger partial charge < -0.3 is 0 Å². The number of hydrogen-bond acceptors (Lipinski definition) is 2. The molecule has 0 N–H and O–H groups in total. The van der Waals surface area contributed by atoms with Gasteiger partial charge in [0.2, 0.25) is 0 Å². The molecule has 0 amide bonds. The molecule has 0 saturated carbocycles. The minimum Gasteiger partial charge on any atom is -0.140 e. The van der Waals surface area contributed by atoms with Gasteiger partial charge >= 0.3 is 0 Å². The molecule has 0 fully saturated rings. The maximum atomic E-state index is 2.32. The normalized spacial score (nSPS) is 11.3. The molecule has 0 saturated heterocycles. The highest BCUT2D eigenvalue weighted by atomic mass is 32.5. The zero-order valence-electron chi connectivity index (χ0n) is 5.55. The van der Waals surface area contributed by atoms with Crippen molar-refractivity contribution < 1.29 is 0 Å². The molecule has 0 aromatic carbocycles. The highest BCUT2D eigenvalue weighted by Crippen LogP contribution is 2.38. The Morgan fingerprint density at radius 2 is 2.10 bits per heavy atom. The molecule has 2 rings (SSSR count). The standard InChI is InChI=1S/C7H7PS2/c1-5-2-3-6(9-5)7-4-8-10-7/h2-4,8H,1H3. The van der Waals surface area contributed by atoms with Gasteiger partial charge in [0.1, 0.15) is 0 Å². The van der Waals surface area contributed by atoms with Crippen molar-refractivity contribution in [1.82, 2.24) is 0 Å². The van der Waals surface area contributed by atoms with Gasteiger partial charge in [0.15, 0.2) is 0 Å². The molecule has 0 spiro atoms. The smallest absolute Gasteiger partial charge is 0.0523 e. The van der Waals surface area contributed by atoms with E-state index in [1.54, 1.807) is 0 Å². The molecule has 3 heteroatoms. The molecule has 0 aliphatic heterocycles. The third-order valence-electron chi connectivity index (χ3n) is 1.34. The van der Waals surface area contributed by atoms with Crippen molar-refractivity contribution in [3.8, 4) is 9.75 Å². The highest BCUT2D eigenvalue weighted by Gasteiger charge is 2.01. The second kappa shape index (κ2) is 2.54. The number of rotatable bonds is 1. The van der Waals surface area contributed by atoms with E-state index >= 15 is 0 Å². The fourth-order valence-corrected chi connectivity index (χ4v) is 3.76. The van der Waals surface area contributed by atoms with E-state index in [9.17, 15) is 0 Å². The Hall–Kier alpha value is -0.0400. The van der Waals surface area contributed by atoms with Crippen molar-refractivity contribution in [3.05, 3.63) is 22.8 Å². The van der Waals surface area contributed by atoms with Crippen LogP contribution in [-0.2, 0) is 0 Å². The van der Waals surface area contributed by atoms with Crippen molar-refractivity contribution in [2.45, 2.75) is 6.92 Å². The average Bonchev–Trinajstić information content (AvgIpc) is 2.10. The summed E-state index contributed by atoms with van der Waals surface area (Å²) >= 11 is 1.89. The SMILES string of the molecule is Cc1ccc(-c2c[pH]s2)s1. The maximum Gasteiger partial charge on any atom is 0.0523 e. The molecule has 2 aromatic rings. The van der Waals surface area contributed by atoms with Gasteiger partial charge in [0.25, 0.3) is 0 Å². The average molecular weight is 186 g/mol. The van der Waals surface area contributed by atoms with E-state index in [4.69, 9.17) is 0 Å². The third kappa shape index (κ3) is 1.07. The van der Waals surface area contributed by atoms with Crippen molar-refractivity contribution in [2.75, 3.05) is 0 Å². The quantitative estimate of drug-likeness (QED) is 0.635. The molecule has 0 nitrogen and oxygen atoms in total. The van der Waals surface area contributed by atoms with E-state index in [1.807, 2.05) is 22.3 Å². The number of hydrogen-bond donors (Lipinski definition) is 0. The maximum absolute atomic E-state index is 2.32. The van der Waals surface area contributed by atoms with Crippen LogP contribution in [0.5, 0.6) is 0 Å². The molecule has 52 valence electrons. The zero-order valence-corrected chi connectivity index (χ0v) is 8.18. The summed E-state index contributed by atoms with van der Waals surface area (Å²) in [6.07, 6.45) is 0. The molecular weight excluding hydrogens is 179 g/mol. The minimum absolute atomic E-state index is 0.997. The highest BCUT2D eigenvalue weighted by molar-refractivity contribution is 7.84. The first-order valence-corrected chi connectivity index (χ1v) is 6.49. The van der Waals surface area contributed by atoms with Gasteiger partial charge in [0.05, 0.1) is 4.88 Å². The zero-order chi connectivity index (χ0) is 6.97. The van der Waals surface area contributed by atoms with Crippen LogP contribution in [0.3, 0.4) is 0 Å². The Kier molecular flexibility index (Phi) is 1.69.